The monoisotopic (exact) mass is 172 g/mol. The maximum atomic E-state index is 10.6. The van der Waals surface area contributed by atoms with E-state index in [0.29, 0.717) is 19.6 Å². The number of aldehydes is 1. The van der Waals surface area contributed by atoms with Gasteiger partial charge < -0.3 is 14.3 Å². The van der Waals surface area contributed by atoms with Crippen LogP contribution in [0.4, 0.5) is 0 Å². The van der Waals surface area contributed by atoms with Crippen molar-refractivity contribution in [1.29, 1.82) is 0 Å². The highest BCUT2D eigenvalue weighted by Crippen LogP contribution is 1.84. The summed E-state index contributed by atoms with van der Waals surface area (Å²) in [6.07, 6.45) is 3.47. The summed E-state index contributed by atoms with van der Waals surface area (Å²) < 4.78 is 9.35. The minimum Gasteiger partial charge on any atom is -0.500 e. The molecule has 0 spiro atoms. The minimum absolute atomic E-state index is 0.291. The molecule has 0 aromatic heterocycles. The summed E-state index contributed by atoms with van der Waals surface area (Å²) in [6, 6.07) is 0. The smallest absolute Gasteiger partial charge is 0.333 e. The standard InChI is InChI=1S/C8H12O4/c1-2-12-8(10)4-7-11-6-3-5-9/h4-5,7H,2-3,6H2,1H3. The number of ether oxygens (including phenoxy) is 2. The van der Waals surface area contributed by atoms with Crippen LogP contribution in [-0.4, -0.2) is 25.5 Å². The highest BCUT2D eigenvalue weighted by molar-refractivity contribution is 5.81. The van der Waals surface area contributed by atoms with Crippen LogP contribution >= 0.6 is 0 Å². The van der Waals surface area contributed by atoms with Crippen LogP contribution in [0.2, 0.25) is 0 Å². The van der Waals surface area contributed by atoms with Crippen LogP contribution in [0.1, 0.15) is 13.3 Å². The molecule has 0 aliphatic heterocycles. The van der Waals surface area contributed by atoms with Gasteiger partial charge in [-0.15, -0.1) is 0 Å². The number of carbonyl (C=O) groups is 2. The molecule has 0 amide bonds. The zero-order valence-electron chi connectivity index (χ0n) is 6.99. The van der Waals surface area contributed by atoms with Crippen molar-refractivity contribution in [3.8, 4) is 0 Å². The van der Waals surface area contributed by atoms with E-state index >= 15 is 0 Å². The third-order valence-corrected chi connectivity index (χ3v) is 0.940. The molecule has 12 heavy (non-hydrogen) atoms. The molecule has 0 saturated carbocycles. The van der Waals surface area contributed by atoms with Crippen LogP contribution in [0.3, 0.4) is 0 Å². The summed E-state index contributed by atoms with van der Waals surface area (Å²) in [7, 11) is 0. The van der Waals surface area contributed by atoms with Crippen molar-refractivity contribution in [3.63, 3.8) is 0 Å². The van der Waals surface area contributed by atoms with Gasteiger partial charge in [-0.05, 0) is 6.92 Å². The molecule has 0 aromatic carbocycles. The van der Waals surface area contributed by atoms with Crippen molar-refractivity contribution in [2.24, 2.45) is 0 Å². The molecule has 0 aliphatic carbocycles. The van der Waals surface area contributed by atoms with E-state index < -0.39 is 5.97 Å². The predicted octanol–water partition coefficient (Wildman–Crippen LogP) is 0.669. The van der Waals surface area contributed by atoms with Gasteiger partial charge in [0.1, 0.15) is 6.29 Å². The topological polar surface area (TPSA) is 52.6 Å². The number of hydrogen-bond donors (Lipinski definition) is 0. The third kappa shape index (κ3) is 6.80. The van der Waals surface area contributed by atoms with Gasteiger partial charge in [0.15, 0.2) is 0 Å². The second kappa shape index (κ2) is 7.78. The molecule has 0 rings (SSSR count). The van der Waals surface area contributed by atoms with Gasteiger partial charge in [-0.1, -0.05) is 0 Å². The average Bonchev–Trinajstić information content (AvgIpc) is 2.05. The van der Waals surface area contributed by atoms with Crippen LogP contribution in [0.5, 0.6) is 0 Å². The minimum atomic E-state index is -0.441. The molecule has 4 heteroatoms. The van der Waals surface area contributed by atoms with Crippen LogP contribution in [0.15, 0.2) is 12.3 Å². The van der Waals surface area contributed by atoms with E-state index in [0.717, 1.165) is 6.29 Å². The molecule has 0 fully saturated rings. The Hall–Kier alpha value is -1.32. The molecule has 0 atom stereocenters. The van der Waals surface area contributed by atoms with E-state index in [-0.39, 0.29) is 0 Å². The molecule has 4 nitrogen and oxygen atoms in total. The Morgan fingerprint density at radius 1 is 1.50 bits per heavy atom. The summed E-state index contributed by atoms with van der Waals surface area (Å²) >= 11 is 0. The lowest BCUT2D eigenvalue weighted by atomic mass is 10.5. The van der Waals surface area contributed by atoms with E-state index in [4.69, 9.17) is 4.74 Å². The summed E-state index contributed by atoms with van der Waals surface area (Å²) in [6.45, 7) is 2.36. The lowest BCUT2D eigenvalue weighted by molar-refractivity contribution is -0.137. The molecule has 0 bridgehead atoms. The molecule has 0 saturated heterocycles. The van der Waals surface area contributed by atoms with E-state index in [1.165, 1.54) is 12.3 Å². The second-order valence-corrected chi connectivity index (χ2v) is 1.88. The first-order chi connectivity index (χ1) is 5.81. The third-order valence-electron chi connectivity index (χ3n) is 0.940. The Morgan fingerprint density at radius 2 is 2.25 bits per heavy atom. The molecule has 0 aliphatic rings. The quantitative estimate of drug-likeness (QED) is 0.194. The Labute approximate surface area is 71.2 Å². The fourth-order valence-electron chi connectivity index (χ4n) is 0.478. The van der Waals surface area contributed by atoms with E-state index in [1.807, 2.05) is 0 Å². The van der Waals surface area contributed by atoms with Gasteiger partial charge in [-0.2, -0.15) is 0 Å². The van der Waals surface area contributed by atoms with Gasteiger partial charge in [-0.25, -0.2) is 4.79 Å². The molecule has 0 heterocycles. The second-order valence-electron chi connectivity index (χ2n) is 1.88. The van der Waals surface area contributed by atoms with E-state index in [1.54, 1.807) is 6.92 Å². The molecule has 0 radical (unpaired) electrons. The highest BCUT2D eigenvalue weighted by Gasteiger charge is 1.91. The van der Waals surface area contributed by atoms with Crippen molar-refractivity contribution in [1.82, 2.24) is 0 Å². The maximum Gasteiger partial charge on any atom is 0.333 e. The van der Waals surface area contributed by atoms with Crippen LogP contribution in [0.25, 0.3) is 0 Å². The summed E-state index contributed by atoms with van der Waals surface area (Å²) in [5, 5.41) is 0. The van der Waals surface area contributed by atoms with Crippen molar-refractivity contribution < 1.29 is 19.1 Å². The average molecular weight is 172 g/mol. The SMILES string of the molecule is CCOC(=O)C=COCCC=O. The van der Waals surface area contributed by atoms with Crippen molar-refractivity contribution in [3.05, 3.63) is 12.3 Å². The van der Waals surface area contributed by atoms with Crippen molar-refractivity contribution in [2.75, 3.05) is 13.2 Å². The number of esters is 1. The van der Waals surface area contributed by atoms with Gasteiger partial charge in [0.2, 0.25) is 0 Å². The molecule has 0 N–H and O–H groups in total. The van der Waals surface area contributed by atoms with E-state index in [2.05, 4.69) is 4.74 Å². The molecule has 0 unspecified atom stereocenters. The van der Waals surface area contributed by atoms with Gasteiger partial charge in [0.05, 0.1) is 25.6 Å². The Morgan fingerprint density at radius 3 is 2.83 bits per heavy atom. The number of carbonyl (C=O) groups excluding carboxylic acids is 2. The fourth-order valence-corrected chi connectivity index (χ4v) is 0.478. The number of hydrogen-bond acceptors (Lipinski definition) is 4. The molecule has 68 valence electrons. The molecule has 0 aromatic rings. The maximum absolute atomic E-state index is 10.6. The highest BCUT2D eigenvalue weighted by atomic mass is 16.5. The Bertz CT molecular complexity index is 162. The van der Waals surface area contributed by atoms with Crippen molar-refractivity contribution in [2.45, 2.75) is 13.3 Å². The van der Waals surface area contributed by atoms with Gasteiger partial charge in [-0.3, -0.25) is 0 Å². The van der Waals surface area contributed by atoms with Gasteiger partial charge >= 0.3 is 5.97 Å². The van der Waals surface area contributed by atoms with Crippen LogP contribution in [-0.2, 0) is 19.1 Å². The first-order valence-corrected chi connectivity index (χ1v) is 3.69. The summed E-state index contributed by atoms with van der Waals surface area (Å²) in [5.41, 5.74) is 0. The van der Waals surface area contributed by atoms with Crippen molar-refractivity contribution >= 4 is 12.3 Å². The normalized spacial score (nSPS) is 9.75. The summed E-state index contributed by atoms with van der Waals surface area (Å²) in [4.78, 5) is 20.4. The molecular formula is C8H12O4. The van der Waals surface area contributed by atoms with Crippen LogP contribution < -0.4 is 0 Å². The zero-order valence-corrected chi connectivity index (χ0v) is 6.99. The zero-order chi connectivity index (χ0) is 9.23. The lowest BCUT2D eigenvalue weighted by Gasteiger charge is -1.96. The summed E-state index contributed by atoms with van der Waals surface area (Å²) in [5.74, 6) is -0.441. The number of rotatable bonds is 6. The fraction of sp³-hybridized carbons (Fsp3) is 0.500. The Balaban J connectivity index is 3.34. The first kappa shape index (κ1) is 10.7. The first-order valence-electron chi connectivity index (χ1n) is 3.69. The Kier molecular flexibility index (Phi) is 6.93. The predicted molar refractivity (Wildman–Crippen MR) is 42.4 cm³/mol. The largest absolute Gasteiger partial charge is 0.500 e. The molecular weight excluding hydrogens is 160 g/mol. The van der Waals surface area contributed by atoms with E-state index in [9.17, 15) is 9.59 Å². The van der Waals surface area contributed by atoms with Gasteiger partial charge in [0.25, 0.3) is 0 Å². The lowest BCUT2D eigenvalue weighted by Crippen LogP contribution is -1.99. The van der Waals surface area contributed by atoms with Crippen LogP contribution in [0, 0.1) is 0 Å². The van der Waals surface area contributed by atoms with Gasteiger partial charge in [0, 0.05) is 6.42 Å².